The van der Waals surface area contributed by atoms with E-state index in [4.69, 9.17) is 0 Å². The number of halogens is 2. The van der Waals surface area contributed by atoms with Gasteiger partial charge in [-0.05, 0) is 30.2 Å². The number of anilines is 1. The minimum Gasteiger partial charge on any atom is -0.467 e. The number of hydrogen-bond acceptors (Lipinski definition) is 5. The lowest BCUT2D eigenvalue weighted by Crippen LogP contribution is -2.35. The van der Waals surface area contributed by atoms with E-state index >= 15 is 0 Å². The molecule has 21 heavy (non-hydrogen) atoms. The van der Waals surface area contributed by atoms with E-state index in [0.717, 1.165) is 12.1 Å². The topological polar surface area (TPSA) is 72.5 Å². The number of alkyl halides is 2. The molecule has 0 aliphatic carbocycles. The Morgan fingerprint density at radius 1 is 1.19 bits per heavy atom. The highest BCUT2D eigenvalue weighted by Gasteiger charge is 2.27. The zero-order valence-electron chi connectivity index (χ0n) is 11.8. The molecule has 1 aromatic carbocycles. The van der Waals surface area contributed by atoms with Crippen molar-refractivity contribution in [3.8, 4) is 0 Å². The molecule has 8 heteroatoms. The molecule has 1 N–H and O–H groups in total. The van der Waals surface area contributed by atoms with Gasteiger partial charge >= 0.3 is 11.7 Å². The number of carbonyl (C=O) groups excluding carboxylic acids is 1. The van der Waals surface area contributed by atoms with Gasteiger partial charge < -0.3 is 10.1 Å². The van der Waals surface area contributed by atoms with E-state index in [0.29, 0.717) is 5.69 Å². The molecule has 0 heterocycles. The van der Waals surface area contributed by atoms with Gasteiger partial charge in [-0.25, -0.2) is 13.2 Å². The molecule has 0 aliphatic rings. The molecule has 0 saturated heterocycles. The van der Waals surface area contributed by atoms with Crippen molar-refractivity contribution in [2.24, 2.45) is 5.92 Å². The van der Waals surface area contributed by atoms with Gasteiger partial charge in [0.15, 0.2) is 0 Å². The van der Waals surface area contributed by atoms with E-state index in [2.05, 4.69) is 10.1 Å². The van der Waals surface area contributed by atoms with Gasteiger partial charge in [-0.3, -0.25) is 0 Å². The summed E-state index contributed by atoms with van der Waals surface area (Å²) in [6.45, 7) is 3.62. The van der Waals surface area contributed by atoms with Gasteiger partial charge in [-0.15, -0.1) is 0 Å². The van der Waals surface area contributed by atoms with E-state index in [1.165, 1.54) is 19.2 Å². The van der Waals surface area contributed by atoms with Crippen LogP contribution in [0.5, 0.6) is 0 Å². The summed E-state index contributed by atoms with van der Waals surface area (Å²) in [5.74, 6) is -3.99. The van der Waals surface area contributed by atoms with Crippen molar-refractivity contribution in [3.05, 3.63) is 24.3 Å². The average Bonchev–Trinajstić information content (AvgIpc) is 2.44. The highest BCUT2D eigenvalue weighted by atomic mass is 32.2. The lowest BCUT2D eigenvalue weighted by Gasteiger charge is -2.21. The average molecular weight is 321 g/mol. The number of nitrogens with one attached hydrogen (secondary N) is 1. The van der Waals surface area contributed by atoms with Crippen LogP contribution in [0.25, 0.3) is 0 Å². The molecule has 1 atom stereocenters. The first-order chi connectivity index (χ1) is 9.70. The third kappa shape index (κ3) is 4.13. The molecule has 1 unspecified atom stereocenters. The predicted molar refractivity (Wildman–Crippen MR) is 73.9 cm³/mol. The van der Waals surface area contributed by atoms with Crippen molar-refractivity contribution in [1.29, 1.82) is 0 Å². The summed E-state index contributed by atoms with van der Waals surface area (Å²) in [5.41, 5.74) is 0.437. The van der Waals surface area contributed by atoms with E-state index in [1.807, 2.05) is 13.8 Å². The molecule has 5 nitrogen and oxygen atoms in total. The molecule has 1 aromatic rings. The van der Waals surface area contributed by atoms with Crippen LogP contribution < -0.4 is 5.32 Å². The largest absolute Gasteiger partial charge is 0.467 e. The van der Waals surface area contributed by atoms with Gasteiger partial charge in [0.25, 0.3) is 0 Å². The summed E-state index contributed by atoms with van der Waals surface area (Å²) in [7, 11) is -3.35. The SMILES string of the molecule is COC(=O)C(Nc1ccc(S(=O)(=O)C(F)F)cc1)C(C)C. The summed E-state index contributed by atoms with van der Waals surface area (Å²) in [4.78, 5) is 11.1. The van der Waals surface area contributed by atoms with Crippen molar-refractivity contribution in [2.45, 2.75) is 30.5 Å². The van der Waals surface area contributed by atoms with Crippen LogP contribution in [0.15, 0.2) is 29.2 Å². The first-order valence-electron chi connectivity index (χ1n) is 6.16. The Kier molecular flexibility index (Phi) is 5.65. The number of carbonyl (C=O) groups is 1. The monoisotopic (exact) mass is 321 g/mol. The third-order valence-corrected chi connectivity index (χ3v) is 4.26. The van der Waals surface area contributed by atoms with Gasteiger partial charge in [0, 0.05) is 5.69 Å². The Hall–Kier alpha value is -1.70. The number of ether oxygens (including phenoxy) is 1. The fourth-order valence-electron chi connectivity index (χ4n) is 1.65. The summed E-state index contributed by atoms with van der Waals surface area (Å²) in [6.07, 6.45) is 0. The maximum atomic E-state index is 12.4. The number of hydrogen-bond donors (Lipinski definition) is 1. The molecule has 1 rings (SSSR count). The lowest BCUT2D eigenvalue weighted by atomic mass is 10.0. The zero-order valence-corrected chi connectivity index (χ0v) is 12.7. The molecule has 0 bridgehead atoms. The Morgan fingerprint density at radius 2 is 1.71 bits per heavy atom. The van der Waals surface area contributed by atoms with Gasteiger partial charge in [-0.2, -0.15) is 8.78 Å². The summed E-state index contributed by atoms with van der Waals surface area (Å²) in [6, 6.07) is 4.17. The van der Waals surface area contributed by atoms with E-state index in [-0.39, 0.29) is 5.92 Å². The van der Waals surface area contributed by atoms with Gasteiger partial charge in [0.1, 0.15) is 6.04 Å². The van der Waals surface area contributed by atoms with Crippen molar-refractivity contribution in [2.75, 3.05) is 12.4 Å². The number of esters is 1. The number of rotatable bonds is 6. The lowest BCUT2D eigenvalue weighted by molar-refractivity contribution is -0.142. The standard InChI is InChI=1S/C13H17F2NO4S/c1-8(2)11(12(17)20-3)16-9-4-6-10(7-5-9)21(18,19)13(14)15/h4-8,11,13,16H,1-3H3. The van der Waals surface area contributed by atoms with E-state index in [9.17, 15) is 22.0 Å². The molecule has 0 aromatic heterocycles. The number of benzene rings is 1. The van der Waals surface area contributed by atoms with Crippen LogP contribution in [-0.2, 0) is 19.4 Å². The van der Waals surface area contributed by atoms with Crippen molar-refractivity contribution in [3.63, 3.8) is 0 Å². The highest BCUT2D eigenvalue weighted by Crippen LogP contribution is 2.21. The Morgan fingerprint density at radius 3 is 2.10 bits per heavy atom. The molecule has 0 spiro atoms. The first-order valence-corrected chi connectivity index (χ1v) is 7.71. The first kappa shape index (κ1) is 17.4. The van der Waals surface area contributed by atoms with E-state index < -0.39 is 32.5 Å². The fraction of sp³-hybridized carbons (Fsp3) is 0.462. The molecular weight excluding hydrogens is 304 g/mol. The van der Waals surface area contributed by atoms with E-state index in [1.54, 1.807) is 0 Å². The quantitative estimate of drug-likeness (QED) is 0.814. The van der Waals surface area contributed by atoms with Crippen LogP contribution in [0, 0.1) is 5.92 Å². The maximum Gasteiger partial charge on any atom is 0.341 e. The van der Waals surface area contributed by atoms with Crippen molar-refractivity contribution in [1.82, 2.24) is 0 Å². The van der Waals surface area contributed by atoms with Gasteiger partial charge in [0.2, 0.25) is 9.84 Å². The van der Waals surface area contributed by atoms with Crippen LogP contribution in [0.1, 0.15) is 13.8 Å². The fourth-order valence-corrected chi connectivity index (χ4v) is 2.37. The second-order valence-electron chi connectivity index (χ2n) is 4.72. The minimum absolute atomic E-state index is 0.0677. The predicted octanol–water partition coefficient (Wildman–Crippen LogP) is 2.29. The molecule has 0 saturated carbocycles. The maximum absolute atomic E-state index is 12.4. The molecular formula is C13H17F2NO4S. The molecule has 118 valence electrons. The van der Waals surface area contributed by atoms with Crippen molar-refractivity contribution >= 4 is 21.5 Å². The molecule has 0 amide bonds. The second-order valence-corrected chi connectivity index (χ2v) is 6.64. The molecule has 0 fully saturated rings. The third-order valence-electron chi connectivity index (χ3n) is 2.86. The highest BCUT2D eigenvalue weighted by molar-refractivity contribution is 7.91. The normalized spacial score (nSPS) is 13.3. The Labute approximate surface area is 122 Å². The smallest absolute Gasteiger partial charge is 0.341 e. The summed E-state index contributed by atoms with van der Waals surface area (Å²) in [5, 5.41) is 2.88. The van der Waals surface area contributed by atoms with Crippen LogP contribution >= 0.6 is 0 Å². The van der Waals surface area contributed by atoms with Gasteiger partial charge in [0.05, 0.1) is 12.0 Å². The zero-order chi connectivity index (χ0) is 16.2. The molecule has 0 radical (unpaired) electrons. The Bertz CT molecular complexity index is 585. The van der Waals surface area contributed by atoms with Crippen LogP contribution in [-0.4, -0.2) is 33.3 Å². The van der Waals surface area contributed by atoms with Crippen molar-refractivity contribution < 1.29 is 26.7 Å². The summed E-state index contributed by atoms with van der Waals surface area (Å²) >= 11 is 0. The molecule has 0 aliphatic heterocycles. The Balaban J connectivity index is 2.95. The second kappa shape index (κ2) is 6.84. The van der Waals surface area contributed by atoms with Gasteiger partial charge in [-0.1, -0.05) is 13.8 Å². The summed E-state index contributed by atoms with van der Waals surface area (Å²) < 4.78 is 52.0. The minimum atomic E-state index is -4.61. The number of methoxy groups -OCH3 is 1. The number of sulfone groups is 1. The van der Waals surface area contributed by atoms with Crippen LogP contribution in [0.4, 0.5) is 14.5 Å². The van der Waals surface area contributed by atoms with Crippen LogP contribution in [0.3, 0.4) is 0 Å². The van der Waals surface area contributed by atoms with Crippen LogP contribution in [0.2, 0.25) is 0 Å².